The first-order valence-electron chi connectivity index (χ1n) is 8.19. The Balaban J connectivity index is 1.34. The summed E-state index contributed by atoms with van der Waals surface area (Å²) in [6.07, 6.45) is 2.55. The first kappa shape index (κ1) is 12.8. The van der Waals surface area contributed by atoms with E-state index in [2.05, 4.69) is 10.2 Å². The zero-order chi connectivity index (χ0) is 14.7. The standard InChI is InChI=1S/C17H20N2O3/c20-17(11-1-2-14-15(5-11)22-9-21-14)18-16-12-3-10-4-13(16)8-19(6-10)7-12/h1-2,5,10,12-13,16H,3-4,6-9H2,(H,18,20)/t10?,12-,13-,16?/m0/s1. The smallest absolute Gasteiger partial charge is 0.251 e. The van der Waals surface area contributed by atoms with Crippen LogP contribution in [0.5, 0.6) is 11.5 Å². The van der Waals surface area contributed by atoms with Crippen LogP contribution in [-0.4, -0.2) is 43.3 Å². The van der Waals surface area contributed by atoms with E-state index in [1.807, 2.05) is 12.1 Å². The third kappa shape index (κ3) is 1.92. The zero-order valence-electron chi connectivity index (χ0n) is 12.5. The summed E-state index contributed by atoms with van der Waals surface area (Å²) in [6, 6.07) is 5.77. The van der Waals surface area contributed by atoms with Crippen LogP contribution >= 0.6 is 0 Å². The van der Waals surface area contributed by atoms with Crippen molar-refractivity contribution in [3.63, 3.8) is 0 Å². The molecule has 1 amide bonds. The van der Waals surface area contributed by atoms with Crippen LogP contribution in [0.15, 0.2) is 18.2 Å². The largest absolute Gasteiger partial charge is 0.454 e. The molecule has 1 aromatic rings. The average molecular weight is 300 g/mol. The lowest BCUT2D eigenvalue weighted by atomic mass is 9.65. The first-order chi connectivity index (χ1) is 10.8. The molecule has 3 saturated heterocycles. The fourth-order valence-electron chi connectivity index (χ4n) is 4.92. The molecule has 5 aliphatic rings. The molecule has 1 N–H and O–H groups in total. The Morgan fingerprint density at radius 3 is 2.64 bits per heavy atom. The number of ether oxygens (including phenoxy) is 2. The summed E-state index contributed by atoms with van der Waals surface area (Å²) in [6.45, 7) is 3.82. The monoisotopic (exact) mass is 300 g/mol. The van der Waals surface area contributed by atoms with Crippen LogP contribution in [0.4, 0.5) is 0 Å². The van der Waals surface area contributed by atoms with Gasteiger partial charge in [0.05, 0.1) is 0 Å². The highest BCUT2D eigenvalue weighted by Crippen LogP contribution is 2.43. The average Bonchev–Trinajstić information content (AvgIpc) is 2.97. The molecule has 1 aromatic carbocycles. The molecule has 22 heavy (non-hydrogen) atoms. The molecular weight excluding hydrogens is 280 g/mol. The number of nitrogens with one attached hydrogen (secondary N) is 1. The molecular formula is C17H20N2O3. The van der Waals surface area contributed by atoms with Gasteiger partial charge in [-0.2, -0.15) is 0 Å². The molecule has 5 nitrogen and oxygen atoms in total. The van der Waals surface area contributed by atoms with Gasteiger partial charge < -0.3 is 19.7 Å². The number of rotatable bonds is 2. The quantitative estimate of drug-likeness (QED) is 0.899. The number of hydrogen-bond donors (Lipinski definition) is 1. The van der Waals surface area contributed by atoms with Crippen LogP contribution < -0.4 is 14.8 Å². The van der Waals surface area contributed by atoms with Crippen molar-refractivity contribution in [1.29, 1.82) is 0 Å². The van der Waals surface area contributed by atoms with E-state index in [1.165, 1.54) is 19.4 Å². The summed E-state index contributed by atoms with van der Waals surface area (Å²) in [5.41, 5.74) is 0.665. The number of benzene rings is 1. The summed E-state index contributed by atoms with van der Waals surface area (Å²) < 4.78 is 10.7. The number of piperidine rings is 3. The van der Waals surface area contributed by atoms with Crippen molar-refractivity contribution in [2.75, 3.05) is 26.4 Å². The van der Waals surface area contributed by atoms with Gasteiger partial charge in [0.1, 0.15) is 0 Å². The third-order valence-electron chi connectivity index (χ3n) is 5.72. The zero-order valence-corrected chi connectivity index (χ0v) is 12.5. The molecule has 4 fully saturated rings. The Morgan fingerprint density at radius 1 is 1.09 bits per heavy atom. The molecule has 1 saturated carbocycles. The van der Waals surface area contributed by atoms with Crippen molar-refractivity contribution < 1.29 is 14.3 Å². The molecule has 6 rings (SSSR count). The topological polar surface area (TPSA) is 50.8 Å². The lowest BCUT2D eigenvalue weighted by Crippen LogP contribution is -2.64. The van der Waals surface area contributed by atoms with Crippen molar-refractivity contribution in [1.82, 2.24) is 10.2 Å². The van der Waals surface area contributed by atoms with Crippen molar-refractivity contribution in [3.8, 4) is 11.5 Å². The second-order valence-corrected chi connectivity index (χ2v) is 7.14. The fourth-order valence-corrected chi connectivity index (χ4v) is 4.92. The second kappa shape index (κ2) is 4.62. The van der Waals surface area contributed by atoms with Gasteiger partial charge in [-0.15, -0.1) is 0 Å². The molecule has 4 bridgehead atoms. The minimum atomic E-state index is 0.0192. The van der Waals surface area contributed by atoms with Crippen molar-refractivity contribution >= 4 is 5.91 Å². The highest BCUT2D eigenvalue weighted by Gasteiger charge is 2.47. The highest BCUT2D eigenvalue weighted by molar-refractivity contribution is 5.95. The van der Waals surface area contributed by atoms with Gasteiger partial charge in [0.15, 0.2) is 11.5 Å². The molecule has 4 aliphatic heterocycles. The maximum atomic E-state index is 12.6. The maximum absolute atomic E-state index is 12.6. The minimum absolute atomic E-state index is 0.0192. The van der Waals surface area contributed by atoms with E-state index in [-0.39, 0.29) is 12.7 Å². The van der Waals surface area contributed by atoms with Crippen LogP contribution in [0, 0.1) is 17.8 Å². The Morgan fingerprint density at radius 2 is 1.86 bits per heavy atom. The van der Waals surface area contributed by atoms with Gasteiger partial charge in [0.25, 0.3) is 5.91 Å². The Kier molecular flexibility index (Phi) is 2.68. The van der Waals surface area contributed by atoms with Gasteiger partial charge in [0.2, 0.25) is 6.79 Å². The molecule has 4 heterocycles. The molecule has 5 heteroatoms. The van der Waals surface area contributed by atoms with Gasteiger partial charge in [-0.25, -0.2) is 0 Å². The van der Waals surface area contributed by atoms with Crippen molar-refractivity contribution in [2.24, 2.45) is 17.8 Å². The minimum Gasteiger partial charge on any atom is -0.454 e. The number of nitrogens with zero attached hydrogens (tertiary/aromatic N) is 1. The van der Waals surface area contributed by atoms with E-state index < -0.39 is 0 Å². The second-order valence-electron chi connectivity index (χ2n) is 7.14. The van der Waals surface area contributed by atoms with E-state index in [0.29, 0.717) is 29.2 Å². The summed E-state index contributed by atoms with van der Waals surface area (Å²) in [5, 5.41) is 3.31. The van der Waals surface area contributed by atoms with Crippen LogP contribution in [0.3, 0.4) is 0 Å². The van der Waals surface area contributed by atoms with E-state index in [1.54, 1.807) is 6.07 Å². The number of amides is 1. The Hall–Kier alpha value is -1.75. The SMILES string of the molecule is O=C(NC1[C@H]2CC3C[C@H]1CN(C3)C2)c1ccc2c(c1)OCO2. The molecule has 0 aromatic heterocycles. The van der Waals surface area contributed by atoms with E-state index in [9.17, 15) is 4.79 Å². The first-order valence-corrected chi connectivity index (χ1v) is 8.19. The Labute approximate surface area is 129 Å². The number of hydrogen-bond acceptors (Lipinski definition) is 4. The molecule has 0 unspecified atom stereocenters. The maximum Gasteiger partial charge on any atom is 0.251 e. The summed E-state index contributed by atoms with van der Waals surface area (Å²) in [7, 11) is 0. The third-order valence-corrected chi connectivity index (χ3v) is 5.72. The van der Waals surface area contributed by atoms with Crippen LogP contribution in [0.25, 0.3) is 0 Å². The summed E-state index contributed by atoms with van der Waals surface area (Å²) in [5.74, 6) is 3.53. The molecule has 0 spiro atoms. The normalized spacial score (nSPS) is 37.4. The molecule has 1 aliphatic carbocycles. The predicted octanol–water partition coefficient (Wildman–Crippen LogP) is 1.49. The predicted molar refractivity (Wildman–Crippen MR) is 80.0 cm³/mol. The summed E-state index contributed by atoms with van der Waals surface area (Å²) in [4.78, 5) is 15.2. The van der Waals surface area contributed by atoms with Gasteiger partial charge in [-0.1, -0.05) is 0 Å². The van der Waals surface area contributed by atoms with Crippen molar-refractivity contribution in [3.05, 3.63) is 23.8 Å². The summed E-state index contributed by atoms with van der Waals surface area (Å²) >= 11 is 0. The highest BCUT2D eigenvalue weighted by atomic mass is 16.7. The molecule has 116 valence electrons. The van der Waals surface area contributed by atoms with Gasteiger partial charge in [-0.05, 0) is 48.8 Å². The molecule has 2 atom stereocenters. The van der Waals surface area contributed by atoms with Crippen LogP contribution in [0.1, 0.15) is 23.2 Å². The van der Waals surface area contributed by atoms with E-state index in [4.69, 9.17) is 9.47 Å². The lowest BCUT2D eigenvalue weighted by molar-refractivity contribution is -0.0418. The van der Waals surface area contributed by atoms with E-state index >= 15 is 0 Å². The van der Waals surface area contributed by atoms with Crippen LogP contribution in [0.2, 0.25) is 0 Å². The van der Waals surface area contributed by atoms with Gasteiger partial charge in [-0.3, -0.25) is 4.79 Å². The van der Waals surface area contributed by atoms with Gasteiger partial charge >= 0.3 is 0 Å². The Bertz CT molecular complexity index is 602. The number of carbonyl (C=O) groups is 1. The number of carbonyl (C=O) groups excluding carboxylic acids is 1. The molecule has 0 radical (unpaired) electrons. The van der Waals surface area contributed by atoms with Gasteiger partial charge in [0, 0.05) is 31.2 Å². The lowest BCUT2D eigenvalue weighted by Gasteiger charge is -2.55. The number of fused-ring (bicyclic) bond motifs is 1. The van der Waals surface area contributed by atoms with E-state index in [0.717, 1.165) is 24.8 Å². The van der Waals surface area contributed by atoms with Crippen molar-refractivity contribution in [2.45, 2.75) is 18.9 Å². The fraction of sp³-hybridized carbons (Fsp3) is 0.588. The van der Waals surface area contributed by atoms with Crippen LogP contribution in [-0.2, 0) is 0 Å².